The largest absolute Gasteiger partial charge is 0.503 e. The highest BCUT2D eigenvalue weighted by atomic mass is 35.5. The highest BCUT2D eigenvalue weighted by molar-refractivity contribution is 6.32. The fraction of sp³-hybridized carbons (Fsp3) is 0.250. The fourth-order valence-corrected chi connectivity index (χ4v) is 4.25. The summed E-state index contributed by atoms with van der Waals surface area (Å²) in [6, 6.07) is 5.63. The van der Waals surface area contributed by atoms with Gasteiger partial charge in [0.2, 0.25) is 0 Å². The van der Waals surface area contributed by atoms with Gasteiger partial charge in [-0.15, -0.1) is 5.10 Å². The Morgan fingerprint density at radius 2 is 2.11 bits per heavy atom. The van der Waals surface area contributed by atoms with Gasteiger partial charge in [-0.25, -0.2) is 0 Å². The van der Waals surface area contributed by atoms with Crippen molar-refractivity contribution in [3.05, 3.63) is 69.3 Å². The number of aliphatic imine (C=N–C) groups is 1. The van der Waals surface area contributed by atoms with Crippen LogP contribution < -0.4 is 4.74 Å². The maximum absolute atomic E-state index is 10.0. The normalized spacial score (nSPS) is 17.6. The van der Waals surface area contributed by atoms with Gasteiger partial charge < -0.3 is 14.8 Å². The van der Waals surface area contributed by atoms with Crippen molar-refractivity contribution < 1.29 is 9.84 Å². The molecular formula is C20H17ClN4O2. The third kappa shape index (κ3) is 2.44. The van der Waals surface area contributed by atoms with Crippen LogP contribution in [-0.2, 0) is 12.8 Å². The van der Waals surface area contributed by atoms with E-state index in [1.54, 1.807) is 12.3 Å². The molecule has 2 aliphatic rings. The monoisotopic (exact) mass is 380 g/mol. The lowest BCUT2D eigenvalue weighted by molar-refractivity contribution is 0.373. The van der Waals surface area contributed by atoms with Crippen LogP contribution in [0.3, 0.4) is 0 Å². The van der Waals surface area contributed by atoms with E-state index in [1.165, 1.54) is 18.2 Å². The molecule has 0 saturated carbocycles. The van der Waals surface area contributed by atoms with Gasteiger partial charge in [0.25, 0.3) is 0 Å². The van der Waals surface area contributed by atoms with Crippen molar-refractivity contribution >= 4 is 17.3 Å². The third-order valence-corrected chi connectivity index (χ3v) is 5.66. The van der Waals surface area contributed by atoms with Gasteiger partial charge in [0.05, 0.1) is 24.4 Å². The number of hydrogen-bond acceptors (Lipinski definition) is 5. The summed E-state index contributed by atoms with van der Waals surface area (Å²) in [5, 5.41) is 18.8. The van der Waals surface area contributed by atoms with E-state index in [2.05, 4.69) is 21.4 Å². The number of methoxy groups -OCH3 is 1. The van der Waals surface area contributed by atoms with Gasteiger partial charge in [0, 0.05) is 29.6 Å². The molecule has 27 heavy (non-hydrogen) atoms. The van der Waals surface area contributed by atoms with Crippen molar-refractivity contribution in [2.24, 2.45) is 4.99 Å². The number of phenolic OH excluding ortho intramolecular Hbond substituents is 1. The Kier molecular flexibility index (Phi) is 3.68. The molecule has 1 aliphatic heterocycles. The molecule has 3 aromatic rings. The van der Waals surface area contributed by atoms with E-state index in [4.69, 9.17) is 21.3 Å². The molecule has 5 rings (SSSR count). The van der Waals surface area contributed by atoms with E-state index in [1.807, 2.05) is 12.1 Å². The van der Waals surface area contributed by atoms with Gasteiger partial charge in [-0.2, -0.15) is 5.10 Å². The number of fused-ring (bicyclic) bond motifs is 2. The standard InChI is InChI=1S/C20H17ClN4O2/c1-27-15-7-12(6-14(21)20(15)26)13-9-23-19-16-11(8-22-18(13)16)3-2-10-4-5-24-25-17(10)19/h4-8,13,22,26H,2-3,9H2,1H3. The molecule has 1 atom stereocenters. The van der Waals surface area contributed by atoms with Crippen molar-refractivity contribution in [2.75, 3.05) is 13.7 Å². The molecule has 0 bridgehead atoms. The fourth-order valence-electron chi connectivity index (χ4n) is 4.03. The number of aromatic hydroxyl groups is 1. The Bertz CT molecular complexity index is 1090. The number of nitrogens with one attached hydrogen (secondary N) is 1. The summed E-state index contributed by atoms with van der Waals surface area (Å²) < 4.78 is 5.27. The lowest BCUT2D eigenvalue weighted by Gasteiger charge is -2.23. The van der Waals surface area contributed by atoms with Crippen LogP contribution in [0.2, 0.25) is 5.02 Å². The zero-order chi connectivity index (χ0) is 18.5. The number of hydrogen-bond donors (Lipinski definition) is 2. The van der Waals surface area contributed by atoms with Crippen molar-refractivity contribution in [3.8, 4) is 11.5 Å². The number of halogens is 1. The van der Waals surface area contributed by atoms with Gasteiger partial charge in [-0.05, 0) is 47.7 Å². The molecule has 1 aromatic carbocycles. The van der Waals surface area contributed by atoms with Crippen LogP contribution in [0.4, 0.5) is 0 Å². The second-order valence-corrected chi connectivity index (χ2v) is 7.21. The maximum atomic E-state index is 10.0. The molecule has 2 aromatic heterocycles. The average molecular weight is 381 g/mol. The summed E-state index contributed by atoms with van der Waals surface area (Å²) in [5.41, 5.74) is 7.37. The van der Waals surface area contributed by atoms with Crippen LogP contribution in [0.25, 0.3) is 0 Å². The summed E-state index contributed by atoms with van der Waals surface area (Å²) >= 11 is 6.22. The van der Waals surface area contributed by atoms with Gasteiger partial charge >= 0.3 is 0 Å². The minimum atomic E-state index is -0.0440. The van der Waals surface area contributed by atoms with Crippen molar-refractivity contribution in [2.45, 2.75) is 18.8 Å². The molecule has 0 spiro atoms. The zero-order valence-electron chi connectivity index (χ0n) is 14.7. The van der Waals surface area contributed by atoms with E-state index in [9.17, 15) is 5.11 Å². The van der Waals surface area contributed by atoms with Gasteiger partial charge in [0.15, 0.2) is 11.5 Å². The smallest absolute Gasteiger partial charge is 0.176 e. The van der Waals surface area contributed by atoms with Crippen molar-refractivity contribution in [3.63, 3.8) is 0 Å². The van der Waals surface area contributed by atoms with Gasteiger partial charge in [-0.1, -0.05) is 11.6 Å². The van der Waals surface area contributed by atoms with Crippen LogP contribution in [0, 0.1) is 0 Å². The number of phenols is 1. The summed E-state index contributed by atoms with van der Waals surface area (Å²) in [6.07, 6.45) is 5.64. The molecule has 0 saturated heterocycles. The number of nitrogens with zero attached hydrogens (tertiary/aromatic N) is 3. The molecule has 2 N–H and O–H groups in total. The Hall–Kier alpha value is -2.86. The molecule has 136 valence electrons. The second kappa shape index (κ2) is 6.09. The summed E-state index contributed by atoms with van der Waals surface area (Å²) in [5.74, 6) is 0.321. The van der Waals surface area contributed by atoms with Crippen molar-refractivity contribution in [1.82, 2.24) is 15.2 Å². The molecule has 0 amide bonds. The molecular weight excluding hydrogens is 364 g/mol. The van der Waals surface area contributed by atoms with Gasteiger partial charge in [0.1, 0.15) is 5.69 Å². The first-order valence-electron chi connectivity index (χ1n) is 8.79. The number of ether oxygens (including phenoxy) is 1. The molecule has 1 aliphatic carbocycles. The molecule has 0 radical (unpaired) electrons. The maximum Gasteiger partial charge on any atom is 0.176 e. The number of rotatable bonds is 2. The van der Waals surface area contributed by atoms with E-state index in [0.29, 0.717) is 12.3 Å². The SMILES string of the molecule is COc1cc(C2CN=C3c4nnccc4CCc4c[nH]c2c43)cc(Cl)c1O. The summed E-state index contributed by atoms with van der Waals surface area (Å²) in [7, 11) is 1.52. The molecule has 6 nitrogen and oxygen atoms in total. The Balaban J connectivity index is 1.67. The molecule has 1 unspecified atom stereocenters. The minimum absolute atomic E-state index is 0.00252. The van der Waals surface area contributed by atoms with Crippen LogP contribution in [0.1, 0.15) is 39.6 Å². The van der Waals surface area contributed by atoms with Gasteiger partial charge in [-0.3, -0.25) is 4.99 Å². The third-order valence-electron chi connectivity index (χ3n) is 5.37. The first kappa shape index (κ1) is 16.3. The predicted molar refractivity (Wildman–Crippen MR) is 102 cm³/mol. The molecule has 7 heteroatoms. The topological polar surface area (TPSA) is 83.4 Å². The first-order valence-corrected chi connectivity index (χ1v) is 9.17. The van der Waals surface area contributed by atoms with E-state index in [0.717, 1.165) is 41.1 Å². The highest BCUT2D eigenvalue weighted by Crippen LogP contribution is 2.41. The molecule has 3 heterocycles. The van der Waals surface area contributed by atoms with E-state index >= 15 is 0 Å². The van der Waals surface area contributed by atoms with E-state index in [-0.39, 0.29) is 16.7 Å². The first-order chi connectivity index (χ1) is 13.2. The Labute approximate surface area is 160 Å². The summed E-state index contributed by atoms with van der Waals surface area (Å²) in [4.78, 5) is 8.34. The Morgan fingerprint density at radius 3 is 2.96 bits per heavy atom. The van der Waals surface area contributed by atoms with Crippen LogP contribution in [-0.4, -0.2) is 39.7 Å². The highest BCUT2D eigenvalue weighted by Gasteiger charge is 2.33. The quantitative estimate of drug-likeness (QED) is 0.714. The number of benzene rings is 1. The summed E-state index contributed by atoms with van der Waals surface area (Å²) in [6.45, 7) is 0.558. The number of aryl methyl sites for hydroxylation is 2. The van der Waals surface area contributed by atoms with Crippen LogP contribution >= 0.6 is 11.6 Å². The predicted octanol–water partition coefficient (Wildman–Crippen LogP) is 3.25. The Morgan fingerprint density at radius 1 is 1.26 bits per heavy atom. The van der Waals surface area contributed by atoms with Crippen LogP contribution in [0.5, 0.6) is 11.5 Å². The van der Waals surface area contributed by atoms with Crippen molar-refractivity contribution in [1.29, 1.82) is 0 Å². The average Bonchev–Trinajstić information content (AvgIpc) is 3.04. The van der Waals surface area contributed by atoms with Crippen LogP contribution in [0.15, 0.2) is 35.6 Å². The lowest BCUT2D eigenvalue weighted by Crippen LogP contribution is -2.21. The second-order valence-electron chi connectivity index (χ2n) is 6.80. The van der Waals surface area contributed by atoms with E-state index < -0.39 is 0 Å². The zero-order valence-corrected chi connectivity index (χ0v) is 15.4. The number of H-pyrrole nitrogens is 1. The number of aromatic amines is 1. The molecule has 0 fully saturated rings. The lowest BCUT2D eigenvalue weighted by atomic mass is 9.87. The number of aromatic nitrogens is 3. The minimum Gasteiger partial charge on any atom is -0.503 e.